The molecular formula is C16H21NO5. The molecule has 22 heavy (non-hydrogen) atoms. The summed E-state index contributed by atoms with van der Waals surface area (Å²) < 4.78 is 10.1. The molecule has 1 amide bonds. The van der Waals surface area contributed by atoms with Crippen LogP contribution in [-0.2, 0) is 4.74 Å². The van der Waals surface area contributed by atoms with E-state index in [2.05, 4.69) is 5.32 Å². The lowest BCUT2D eigenvalue weighted by atomic mass is 10.1. The lowest BCUT2D eigenvalue weighted by molar-refractivity contribution is 0.0533. The van der Waals surface area contributed by atoms with E-state index in [9.17, 15) is 9.59 Å². The van der Waals surface area contributed by atoms with Crippen molar-refractivity contribution in [3.63, 3.8) is 0 Å². The topological polar surface area (TPSA) is 84.9 Å². The van der Waals surface area contributed by atoms with Gasteiger partial charge in [0.15, 0.2) is 0 Å². The Morgan fingerprint density at radius 1 is 1.32 bits per heavy atom. The molecule has 6 heteroatoms. The first kappa shape index (κ1) is 17.6. The minimum Gasteiger partial charge on any atom is -0.496 e. The zero-order valence-electron chi connectivity index (χ0n) is 13.2. The lowest BCUT2D eigenvalue weighted by Crippen LogP contribution is -2.32. The van der Waals surface area contributed by atoms with Crippen molar-refractivity contribution in [3.8, 4) is 5.75 Å². The van der Waals surface area contributed by atoms with Crippen LogP contribution in [0, 0.1) is 0 Å². The van der Waals surface area contributed by atoms with Crippen LogP contribution in [0.2, 0.25) is 0 Å². The number of hydrogen-bond donors (Lipinski definition) is 2. The maximum atomic E-state index is 11.4. The summed E-state index contributed by atoms with van der Waals surface area (Å²) in [4.78, 5) is 22.4. The molecule has 2 N–H and O–H groups in total. The average molecular weight is 307 g/mol. The summed E-state index contributed by atoms with van der Waals surface area (Å²) in [7, 11) is 1.42. The van der Waals surface area contributed by atoms with Crippen LogP contribution in [0.15, 0.2) is 24.3 Å². The molecule has 0 saturated heterocycles. The predicted octanol–water partition coefficient (Wildman–Crippen LogP) is 2.93. The second-order valence-electron chi connectivity index (χ2n) is 5.55. The number of carboxylic acids is 1. The van der Waals surface area contributed by atoms with Crippen LogP contribution in [0.5, 0.6) is 5.75 Å². The highest BCUT2D eigenvalue weighted by Gasteiger charge is 2.15. The molecule has 1 rings (SSSR count). The Morgan fingerprint density at radius 2 is 2.00 bits per heavy atom. The maximum absolute atomic E-state index is 11.4. The van der Waals surface area contributed by atoms with Crippen LogP contribution in [0.1, 0.15) is 36.7 Å². The molecule has 6 nitrogen and oxygen atoms in total. The van der Waals surface area contributed by atoms with Gasteiger partial charge in [0.25, 0.3) is 0 Å². The summed E-state index contributed by atoms with van der Waals surface area (Å²) in [6, 6.07) is 4.76. The SMILES string of the molecule is COc1cc(C=CCNC(=O)OC(C)(C)C)ccc1C(=O)O. The van der Waals surface area contributed by atoms with Gasteiger partial charge in [-0.05, 0) is 38.5 Å². The standard InChI is InChI=1S/C16H21NO5/c1-16(2,3)22-15(20)17-9-5-6-11-7-8-12(14(18)19)13(10-11)21-4/h5-8,10H,9H2,1-4H3,(H,17,20)(H,18,19). The summed E-state index contributed by atoms with van der Waals surface area (Å²) in [5.41, 5.74) is 0.341. The lowest BCUT2D eigenvalue weighted by Gasteiger charge is -2.19. The highest BCUT2D eigenvalue weighted by Crippen LogP contribution is 2.20. The van der Waals surface area contributed by atoms with E-state index >= 15 is 0 Å². The second-order valence-corrected chi connectivity index (χ2v) is 5.55. The van der Waals surface area contributed by atoms with Gasteiger partial charge >= 0.3 is 12.1 Å². The molecule has 0 radical (unpaired) electrons. The number of ether oxygens (including phenoxy) is 2. The van der Waals surface area contributed by atoms with Gasteiger partial charge in [-0.15, -0.1) is 0 Å². The Labute approximate surface area is 129 Å². The smallest absolute Gasteiger partial charge is 0.407 e. The predicted molar refractivity (Wildman–Crippen MR) is 83.2 cm³/mol. The molecule has 0 aliphatic rings. The number of methoxy groups -OCH3 is 1. The first-order valence-electron chi connectivity index (χ1n) is 6.77. The Hall–Kier alpha value is -2.50. The molecule has 1 aromatic carbocycles. The molecule has 1 aromatic rings. The number of carbonyl (C=O) groups excluding carboxylic acids is 1. The van der Waals surface area contributed by atoms with Gasteiger partial charge in [-0.25, -0.2) is 9.59 Å². The van der Waals surface area contributed by atoms with Gasteiger partial charge < -0.3 is 19.9 Å². The molecule has 0 unspecified atom stereocenters. The molecule has 0 atom stereocenters. The number of nitrogens with one attached hydrogen (secondary N) is 1. The van der Waals surface area contributed by atoms with Crippen molar-refractivity contribution in [1.29, 1.82) is 0 Å². The minimum atomic E-state index is -1.04. The van der Waals surface area contributed by atoms with Gasteiger partial charge in [-0.2, -0.15) is 0 Å². The van der Waals surface area contributed by atoms with E-state index in [-0.39, 0.29) is 11.3 Å². The zero-order chi connectivity index (χ0) is 16.8. The molecule has 0 fully saturated rings. The van der Waals surface area contributed by atoms with Crippen molar-refractivity contribution in [2.75, 3.05) is 13.7 Å². The molecule has 0 aliphatic heterocycles. The van der Waals surface area contributed by atoms with E-state index in [0.717, 1.165) is 5.56 Å². The minimum absolute atomic E-state index is 0.103. The Morgan fingerprint density at radius 3 is 2.55 bits per heavy atom. The van der Waals surface area contributed by atoms with Gasteiger partial charge in [-0.1, -0.05) is 18.2 Å². The first-order valence-corrected chi connectivity index (χ1v) is 6.77. The summed E-state index contributed by atoms with van der Waals surface area (Å²) in [5.74, 6) is -0.756. The third-order valence-electron chi connectivity index (χ3n) is 2.53. The van der Waals surface area contributed by atoms with Crippen LogP contribution < -0.4 is 10.1 Å². The van der Waals surface area contributed by atoms with Crippen molar-refractivity contribution in [3.05, 3.63) is 35.4 Å². The van der Waals surface area contributed by atoms with Crippen LogP contribution in [0.3, 0.4) is 0 Å². The molecule has 0 heterocycles. The van der Waals surface area contributed by atoms with Crippen LogP contribution >= 0.6 is 0 Å². The number of aromatic carboxylic acids is 1. The summed E-state index contributed by atoms with van der Waals surface area (Å²) in [6.45, 7) is 5.67. The van der Waals surface area contributed by atoms with Crippen LogP contribution in [0.4, 0.5) is 4.79 Å². The normalized spacial score (nSPS) is 11.3. The number of rotatable bonds is 5. The fourth-order valence-corrected chi connectivity index (χ4v) is 1.64. The Kier molecular flexibility index (Phi) is 5.98. The van der Waals surface area contributed by atoms with Gasteiger partial charge in [0.05, 0.1) is 7.11 Å². The highest BCUT2D eigenvalue weighted by atomic mass is 16.6. The third-order valence-corrected chi connectivity index (χ3v) is 2.53. The number of carbonyl (C=O) groups is 2. The van der Waals surface area contributed by atoms with E-state index in [1.54, 1.807) is 45.1 Å². The van der Waals surface area contributed by atoms with Crippen LogP contribution in [-0.4, -0.2) is 36.4 Å². The number of hydrogen-bond acceptors (Lipinski definition) is 4. The van der Waals surface area contributed by atoms with Crippen molar-refractivity contribution >= 4 is 18.1 Å². The largest absolute Gasteiger partial charge is 0.496 e. The summed E-state index contributed by atoms with van der Waals surface area (Å²) >= 11 is 0. The average Bonchev–Trinajstić information content (AvgIpc) is 2.41. The second kappa shape index (κ2) is 7.49. The number of alkyl carbamates (subject to hydrolysis) is 1. The van der Waals surface area contributed by atoms with E-state index < -0.39 is 17.7 Å². The molecular weight excluding hydrogens is 286 g/mol. The number of carboxylic acid groups (broad SMARTS) is 1. The van der Waals surface area contributed by atoms with Gasteiger partial charge in [0.2, 0.25) is 0 Å². The highest BCUT2D eigenvalue weighted by molar-refractivity contribution is 5.91. The molecule has 0 saturated carbocycles. The fourth-order valence-electron chi connectivity index (χ4n) is 1.64. The molecule has 0 aliphatic carbocycles. The molecule has 120 valence electrons. The molecule has 0 aromatic heterocycles. The van der Waals surface area contributed by atoms with Crippen LogP contribution in [0.25, 0.3) is 6.08 Å². The maximum Gasteiger partial charge on any atom is 0.407 e. The van der Waals surface area contributed by atoms with E-state index in [1.807, 2.05) is 0 Å². The molecule has 0 bridgehead atoms. The van der Waals surface area contributed by atoms with E-state index in [0.29, 0.717) is 6.54 Å². The Balaban J connectivity index is 2.60. The van der Waals surface area contributed by atoms with Crippen molar-refractivity contribution in [1.82, 2.24) is 5.32 Å². The van der Waals surface area contributed by atoms with Gasteiger partial charge in [0.1, 0.15) is 16.9 Å². The van der Waals surface area contributed by atoms with Crippen molar-refractivity contribution < 1.29 is 24.2 Å². The summed E-state index contributed by atoms with van der Waals surface area (Å²) in [6.07, 6.45) is 3.00. The fraction of sp³-hybridized carbons (Fsp3) is 0.375. The van der Waals surface area contributed by atoms with Crippen molar-refractivity contribution in [2.24, 2.45) is 0 Å². The first-order chi connectivity index (χ1) is 10.2. The summed E-state index contributed by atoms with van der Waals surface area (Å²) in [5, 5.41) is 11.6. The monoisotopic (exact) mass is 307 g/mol. The van der Waals surface area contributed by atoms with Gasteiger partial charge in [-0.3, -0.25) is 0 Å². The van der Waals surface area contributed by atoms with E-state index in [4.69, 9.17) is 14.6 Å². The third kappa shape index (κ3) is 5.87. The van der Waals surface area contributed by atoms with E-state index in [1.165, 1.54) is 13.2 Å². The molecule has 0 spiro atoms. The Bertz CT molecular complexity index is 572. The number of amides is 1. The van der Waals surface area contributed by atoms with Crippen molar-refractivity contribution in [2.45, 2.75) is 26.4 Å². The number of benzene rings is 1. The van der Waals surface area contributed by atoms with Gasteiger partial charge in [0, 0.05) is 6.54 Å². The quantitative estimate of drug-likeness (QED) is 0.873. The zero-order valence-corrected chi connectivity index (χ0v) is 13.2.